The Morgan fingerprint density at radius 3 is 2.80 bits per heavy atom. The van der Waals surface area contributed by atoms with Crippen LogP contribution in [0.5, 0.6) is 5.75 Å². The zero-order chi connectivity index (χ0) is 11.1. The minimum absolute atomic E-state index is 0.0885. The second-order valence-corrected chi connectivity index (χ2v) is 3.52. The largest absolute Gasteiger partial charge is 0.496 e. The molecular formula is C11H10F2O2. The third kappa shape index (κ3) is 1.50. The van der Waals surface area contributed by atoms with Crippen molar-refractivity contribution in [3.05, 3.63) is 29.3 Å². The molecule has 2 nitrogen and oxygen atoms in total. The topological polar surface area (TPSA) is 26.3 Å². The van der Waals surface area contributed by atoms with Crippen molar-refractivity contribution >= 4 is 5.78 Å². The van der Waals surface area contributed by atoms with Gasteiger partial charge in [0.1, 0.15) is 5.75 Å². The Morgan fingerprint density at radius 2 is 2.13 bits per heavy atom. The van der Waals surface area contributed by atoms with Crippen molar-refractivity contribution in [3.63, 3.8) is 0 Å². The lowest BCUT2D eigenvalue weighted by Crippen LogP contribution is -2.34. The van der Waals surface area contributed by atoms with Crippen LogP contribution < -0.4 is 4.74 Å². The summed E-state index contributed by atoms with van der Waals surface area (Å²) in [5.41, 5.74) is 0.682. The van der Waals surface area contributed by atoms with E-state index in [9.17, 15) is 13.6 Å². The van der Waals surface area contributed by atoms with E-state index in [1.807, 2.05) is 0 Å². The van der Waals surface area contributed by atoms with E-state index in [-0.39, 0.29) is 12.0 Å². The normalized spacial score (nSPS) is 18.5. The van der Waals surface area contributed by atoms with Crippen LogP contribution in [0.1, 0.15) is 22.3 Å². The first kappa shape index (κ1) is 10.1. The van der Waals surface area contributed by atoms with E-state index >= 15 is 0 Å². The Morgan fingerprint density at radius 1 is 1.40 bits per heavy atom. The highest BCUT2D eigenvalue weighted by Gasteiger charge is 2.43. The quantitative estimate of drug-likeness (QED) is 0.714. The molecule has 0 unspecified atom stereocenters. The number of alkyl halides is 2. The highest BCUT2D eigenvalue weighted by atomic mass is 19.3. The molecule has 0 N–H and O–H groups in total. The summed E-state index contributed by atoms with van der Waals surface area (Å²) >= 11 is 0. The zero-order valence-electron chi connectivity index (χ0n) is 8.22. The first-order valence-corrected chi connectivity index (χ1v) is 4.65. The molecule has 1 aromatic carbocycles. The maximum absolute atomic E-state index is 13.1. The summed E-state index contributed by atoms with van der Waals surface area (Å²) in [6.45, 7) is 0. The van der Waals surface area contributed by atoms with Crippen LogP contribution in [0.2, 0.25) is 0 Å². The predicted octanol–water partition coefficient (Wildman–Crippen LogP) is 2.46. The van der Waals surface area contributed by atoms with Crippen molar-refractivity contribution in [2.45, 2.75) is 18.8 Å². The van der Waals surface area contributed by atoms with E-state index in [1.165, 1.54) is 13.2 Å². The maximum Gasteiger partial charge on any atom is 0.310 e. The SMILES string of the molecule is COc1cccc2c1CCC(F)(F)C2=O. The molecule has 0 amide bonds. The van der Waals surface area contributed by atoms with Crippen molar-refractivity contribution in [1.82, 2.24) is 0 Å². The highest BCUT2D eigenvalue weighted by Crippen LogP contribution is 2.36. The molecule has 0 aliphatic heterocycles. The summed E-state index contributed by atoms with van der Waals surface area (Å²) in [5.74, 6) is -3.81. The minimum Gasteiger partial charge on any atom is -0.496 e. The first-order chi connectivity index (χ1) is 7.06. The lowest BCUT2D eigenvalue weighted by atomic mass is 9.87. The van der Waals surface area contributed by atoms with Crippen LogP contribution >= 0.6 is 0 Å². The Bertz CT molecular complexity index is 413. The summed E-state index contributed by atoms with van der Waals surface area (Å²) in [7, 11) is 1.47. The summed E-state index contributed by atoms with van der Waals surface area (Å²) in [4.78, 5) is 11.4. The number of carbonyl (C=O) groups excluding carboxylic acids is 1. The van der Waals surface area contributed by atoms with Gasteiger partial charge in [-0.25, -0.2) is 0 Å². The van der Waals surface area contributed by atoms with Gasteiger partial charge in [0, 0.05) is 17.5 Å². The average Bonchev–Trinajstić information content (AvgIpc) is 2.23. The second kappa shape index (κ2) is 3.29. The van der Waals surface area contributed by atoms with Crippen LogP contribution in [0.15, 0.2) is 18.2 Å². The molecule has 0 fully saturated rings. The van der Waals surface area contributed by atoms with Crippen LogP contribution in [0.3, 0.4) is 0 Å². The monoisotopic (exact) mass is 212 g/mol. The number of hydrogen-bond donors (Lipinski definition) is 0. The fourth-order valence-corrected chi connectivity index (χ4v) is 1.82. The molecule has 0 bridgehead atoms. The molecular weight excluding hydrogens is 202 g/mol. The van der Waals surface area contributed by atoms with Crippen molar-refractivity contribution in [1.29, 1.82) is 0 Å². The smallest absolute Gasteiger partial charge is 0.310 e. The number of carbonyl (C=O) groups is 1. The number of ether oxygens (including phenoxy) is 1. The van der Waals surface area contributed by atoms with Gasteiger partial charge in [-0.15, -0.1) is 0 Å². The van der Waals surface area contributed by atoms with Crippen LogP contribution in [0.25, 0.3) is 0 Å². The molecule has 0 heterocycles. The highest BCUT2D eigenvalue weighted by molar-refractivity contribution is 6.04. The minimum atomic E-state index is -3.22. The van der Waals surface area contributed by atoms with Crippen molar-refractivity contribution < 1.29 is 18.3 Å². The molecule has 1 aromatic rings. The summed E-state index contributed by atoms with van der Waals surface area (Å²) in [6, 6.07) is 4.65. The molecule has 0 radical (unpaired) electrons. The van der Waals surface area contributed by atoms with E-state index in [2.05, 4.69) is 0 Å². The van der Waals surface area contributed by atoms with Gasteiger partial charge in [-0.1, -0.05) is 12.1 Å². The average molecular weight is 212 g/mol. The Kier molecular flexibility index (Phi) is 2.21. The Hall–Kier alpha value is -1.45. The Labute approximate surface area is 85.9 Å². The third-order valence-electron chi connectivity index (χ3n) is 2.62. The number of benzene rings is 1. The fraction of sp³-hybridized carbons (Fsp3) is 0.364. The van der Waals surface area contributed by atoms with Gasteiger partial charge in [0.05, 0.1) is 7.11 Å². The fourth-order valence-electron chi connectivity index (χ4n) is 1.82. The molecule has 2 rings (SSSR count). The molecule has 80 valence electrons. The van der Waals surface area contributed by atoms with Crippen LogP contribution in [-0.4, -0.2) is 18.8 Å². The van der Waals surface area contributed by atoms with Gasteiger partial charge in [0.2, 0.25) is 5.78 Å². The van der Waals surface area contributed by atoms with Crippen molar-refractivity contribution in [3.8, 4) is 5.75 Å². The molecule has 15 heavy (non-hydrogen) atoms. The van der Waals surface area contributed by atoms with E-state index in [0.29, 0.717) is 11.3 Å². The molecule has 0 saturated carbocycles. The van der Waals surface area contributed by atoms with Gasteiger partial charge in [-0.05, 0) is 12.5 Å². The standard InChI is InChI=1S/C11H10F2O2/c1-15-9-4-2-3-8-7(9)5-6-11(12,13)10(8)14/h2-4H,5-6H2,1H3. The summed E-state index contributed by atoms with van der Waals surface area (Å²) in [5, 5.41) is 0. The summed E-state index contributed by atoms with van der Waals surface area (Å²) in [6.07, 6.45) is -0.253. The molecule has 0 atom stereocenters. The van der Waals surface area contributed by atoms with Gasteiger partial charge in [-0.2, -0.15) is 8.78 Å². The number of ketones is 1. The first-order valence-electron chi connectivity index (χ1n) is 4.65. The summed E-state index contributed by atoms with van der Waals surface area (Å²) < 4.78 is 31.3. The lowest BCUT2D eigenvalue weighted by molar-refractivity contribution is 0.00186. The van der Waals surface area contributed by atoms with Crippen LogP contribution in [0, 0.1) is 0 Å². The van der Waals surface area contributed by atoms with Gasteiger partial charge in [0.15, 0.2) is 0 Å². The number of rotatable bonds is 1. The van der Waals surface area contributed by atoms with E-state index < -0.39 is 18.1 Å². The molecule has 0 spiro atoms. The van der Waals surface area contributed by atoms with Crippen LogP contribution in [0.4, 0.5) is 8.78 Å². The van der Waals surface area contributed by atoms with Gasteiger partial charge < -0.3 is 4.74 Å². The molecule has 0 saturated heterocycles. The Balaban J connectivity index is 2.55. The third-order valence-corrected chi connectivity index (χ3v) is 2.62. The predicted molar refractivity (Wildman–Crippen MR) is 50.6 cm³/mol. The zero-order valence-corrected chi connectivity index (χ0v) is 8.22. The van der Waals surface area contributed by atoms with E-state index in [4.69, 9.17) is 4.74 Å². The van der Waals surface area contributed by atoms with Gasteiger partial charge >= 0.3 is 5.92 Å². The number of hydrogen-bond acceptors (Lipinski definition) is 2. The molecule has 1 aliphatic carbocycles. The molecule has 1 aliphatic rings. The lowest BCUT2D eigenvalue weighted by Gasteiger charge is -2.23. The number of halogens is 2. The van der Waals surface area contributed by atoms with Crippen molar-refractivity contribution in [2.24, 2.45) is 0 Å². The van der Waals surface area contributed by atoms with Gasteiger partial charge in [0.25, 0.3) is 0 Å². The van der Waals surface area contributed by atoms with E-state index in [0.717, 1.165) is 0 Å². The number of fused-ring (bicyclic) bond motifs is 1. The van der Waals surface area contributed by atoms with Crippen molar-refractivity contribution in [2.75, 3.05) is 7.11 Å². The molecule has 0 aromatic heterocycles. The van der Waals surface area contributed by atoms with E-state index in [1.54, 1.807) is 12.1 Å². The van der Waals surface area contributed by atoms with Crippen LogP contribution in [-0.2, 0) is 6.42 Å². The number of Topliss-reactive ketones (excluding diaryl/α,β-unsaturated/α-hetero) is 1. The maximum atomic E-state index is 13.1. The van der Waals surface area contributed by atoms with Gasteiger partial charge in [-0.3, -0.25) is 4.79 Å². The number of methoxy groups -OCH3 is 1. The molecule has 4 heteroatoms. The second-order valence-electron chi connectivity index (χ2n) is 3.52.